The van der Waals surface area contributed by atoms with Crippen LogP contribution in [0.4, 0.5) is 13.2 Å². The number of nitrogens with one attached hydrogen (secondary N) is 1. The lowest BCUT2D eigenvalue weighted by Crippen LogP contribution is -2.52. The number of hydrogen-bond donors (Lipinski definition) is 1. The van der Waals surface area contributed by atoms with Crippen molar-refractivity contribution in [2.45, 2.75) is 70.3 Å². The Bertz CT molecular complexity index is 919. The van der Waals surface area contributed by atoms with Gasteiger partial charge in [-0.1, -0.05) is 19.9 Å². The van der Waals surface area contributed by atoms with Crippen LogP contribution in [-0.2, 0) is 20.4 Å². The molecule has 6 nitrogen and oxygen atoms in total. The SMILES string of the molecule is COC1COCCC1N[C@@H]1CC[C@@](C(=O)N2CC=C(c3ccc(C(F)(F)F)cn3)CC2)(C(C)C)C1. The molecular weight excluding hydrogens is 459 g/mol. The molecule has 1 amide bonds. The molecule has 3 aliphatic rings. The Hall–Kier alpha value is -1.97. The van der Waals surface area contributed by atoms with Crippen molar-refractivity contribution >= 4 is 11.5 Å². The van der Waals surface area contributed by atoms with Gasteiger partial charge in [-0.25, -0.2) is 0 Å². The van der Waals surface area contributed by atoms with Crippen molar-refractivity contribution in [1.29, 1.82) is 0 Å². The van der Waals surface area contributed by atoms with Crippen LogP contribution in [-0.4, -0.2) is 67.4 Å². The van der Waals surface area contributed by atoms with Gasteiger partial charge in [-0.15, -0.1) is 0 Å². The van der Waals surface area contributed by atoms with Crippen LogP contribution in [0.1, 0.15) is 57.2 Å². The zero-order valence-electron chi connectivity index (χ0n) is 20.7. The number of carbonyl (C=O) groups excluding carboxylic acids is 1. The predicted molar refractivity (Wildman–Crippen MR) is 126 cm³/mol. The normalized spacial score (nSPS) is 30.0. The fraction of sp³-hybridized carbons (Fsp3) is 0.692. The lowest BCUT2D eigenvalue weighted by Gasteiger charge is -2.39. The maximum atomic E-state index is 13.8. The van der Waals surface area contributed by atoms with Crippen LogP contribution in [0.5, 0.6) is 0 Å². The van der Waals surface area contributed by atoms with Crippen molar-refractivity contribution in [3.8, 4) is 0 Å². The van der Waals surface area contributed by atoms with E-state index in [1.165, 1.54) is 6.07 Å². The molecule has 4 rings (SSSR count). The van der Waals surface area contributed by atoms with Crippen molar-refractivity contribution in [3.63, 3.8) is 0 Å². The minimum atomic E-state index is -4.40. The lowest BCUT2D eigenvalue weighted by atomic mass is 9.74. The van der Waals surface area contributed by atoms with E-state index in [2.05, 4.69) is 24.1 Å². The summed E-state index contributed by atoms with van der Waals surface area (Å²) < 4.78 is 49.6. The molecule has 0 bridgehead atoms. The Morgan fingerprint density at radius 3 is 2.71 bits per heavy atom. The Kier molecular flexibility index (Phi) is 7.88. The van der Waals surface area contributed by atoms with Gasteiger partial charge in [-0.2, -0.15) is 13.2 Å². The molecule has 2 fully saturated rings. The van der Waals surface area contributed by atoms with Gasteiger partial charge in [-0.3, -0.25) is 9.78 Å². The highest BCUT2D eigenvalue weighted by atomic mass is 19.4. The van der Waals surface area contributed by atoms with E-state index in [4.69, 9.17) is 9.47 Å². The number of alkyl halides is 3. The second kappa shape index (κ2) is 10.6. The van der Waals surface area contributed by atoms with Gasteiger partial charge in [0.25, 0.3) is 0 Å². The summed E-state index contributed by atoms with van der Waals surface area (Å²) in [5.74, 6) is 0.388. The first-order valence-corrected chi connectivity index (χ1v) is 12.5. The van der Waals surface area contributed by atoms with Gasteiger partial charge >= 0.3 is 6.18 Å². The third-order valence-corrected chi connectivity index (χ3v) is 8.05. The maximum absolute atomic E-state index is 13.8. The quantitative estimate of drug-likeness (QED) is 0.638. The van der Waals surface area contributed by atoms with E-state index in [0.29, 0.717) is 38.4 Å². The third kappa shape index (κ3) is 5.57. The highest BCUT2D eigenvalue weighted by Crippen LogP contribution is 2.46. The zero-order chi connectivity index (χ0) is 25.2. The molecule has 1 aromatic rings. The Morgan fingerprint density at radius 2 is 2.11 bits per heavy atom. The summed E-state index contributed by atoms with van der Waals surface area (Å²) >= 11 is 0. The second-order valence-corrected chi connectivity index (χ2v) is 10.3. The number of nitrogens with zero attached hydrogens (tertiary/aromatic N) is 2. The minimum absolute atomic E-state index is 0.0259. The van der Waals surface area contributed by atoms with Crippen LogP contribution in [0.15, 0.2) is 24.4 Å². The molecular formula is C26H36F3N3O3. The standard InChI is InChI=1S/C26H36F3N3O3/c1-17(2)25(10-6-20(14-25)31-22-9-13-35-16-23(22)34-3)24(33)32-11-7-18(8-12-32)21-5-4-19(15-30-21)26(27,28)29/h4-5,7,15,17,20,22-23,31H,6,8-14,16H2,1-3H3/t20-,22?,23?,25+/m1/s1. The van der Waals surface area contributed by atoms with E-state index in [0.717, 1.165) is 43.5 Å². The molecule has 0 spiro atoms. The smallest absolute Gasteiger partial charge is 0.379 e. The largest absolute Gasteiger partial charge is 0.417 e. The van der Waals surface area contributed by atoms with E-state index in [1.54, 1.807) is 7.11 Å². The van der Waals surface area contributed by atoms with Gasteiger partial charge in [0.2, 0.25) is 5.91 Å². The molecule has 1 aromatic heterocycles. The predicted octanol–water partition coefficient (Wildman–Crippen LogP) is 4.30. The summed E-state index contributed by atoms with van der Waals surface area (Å²) in [5, 5.41) is 3.75. The van der Waals surface area contributed by atoms with Gasteiger partial charge in [0.05, 0.1) is 29.4 Å². The molecule has 1 saturated carbocycles. The van der Waals surface area contributed by atoms with Crippen molar-refractivity contribution in [1.82, 2.24) is 15.2 Å². The molecule has 194 valence electrons. The summed E-state index contributed by atoms with van der Waals surface area (Å²) in [4.78, 5) is 19.7. The zero-order valence-corrected chi connectivity index (χ0v) is 20.7. The fourth-order valence-electron chi connectivity index (χ4n) is 5.77. The number of amides is 1. The van der Waals surface area contributed by atoms with Crippen LogP contribution in [0.25, 0.3) is 5.57 Å². The molecule has 4 atom stereocenters. The molecule has 2 unspecified atom stereocenters. The van der Waals surface area contributed by atoms with Gasteiger partial charge in [0.1, 0.15) is 0 Å². The number of methoxy groups -OCH3 is 1. The summed E-state index contributed by atoms with van der Waals surface area (Å²) in [6, 6.07) is 2.97. The summed E-state index contributed by atoms with van der Waals surface area (Å²) in [7, 11) is 1.71. The second-order valence-electron chi connectivity index (χ2n) is 10.3. The average Bonchev–Trinajstić information content (AvgIpc) is 3.29. The molecule has 1 aliphatic carbocycles. The molecule has 1 N–H and O–H groups in total. The van der Waals surface area contributed by atoms with Crippen molar-refractivity contribution in [2.24, 2.45) is 11.3 Å². The Balaban J connectivity index is 1.40. The molecule has 0 aromatic carbocycles. The highest BCUT2D eigenvalue weighted by Gasteiger charge is 2.49. The highest BCUT2D eigenvalue weighted by molar-refractivity contribution is 5.84. The number of aromatic nitrogens is 1. The molecule has 1 saturated heterocycles. The molecule has 2 aliphatic heterocycles. The topological polar surface area (TPSA) is 63.7 Å². The van der Waals surface area contributed by atoms with Crippen LogP contribution in [0.2, 0.25) is 0 Å². The number of hydrogen-bond acceptors (Lipinski definition) is 5. The first-order valence-electron chi connectivity index (χ1n) is 12.5. The van der Waals surface area contributed by atoms with Gasteiger partial charge in [0, 0.05) is 45.1 Å². The van der Waals surface area contributed by atoms with Crippen molar-refractivity contribution < 1.29 is 27.4 Å². The average molecular weight is 496 g/mol. The Labute approximate surface area is 205 Å². The summed E-state index contributed by atoms with van der Waals surface area (Å²) in [6.07, 6.45) is 2.50. The van der Waals surface area contributed by atoms with Crippen LogP contribution in [0.3, 0.4) is 0 Å². The van der Waals surface area contributed by atoms with Crippen molar-refractivity contribution in [2.75, 3.05) is 33.4 Å². The Morgan fingerprint density at radius 1 is 1.31 bits per heavy atom. The third-order valence-electron chi connectivity index (χ3n) is 8.05. The molecule has 3 heterocycles. The summed E-state index contributed by atoms with van der Waals surface area (Å²) in [5.41, 5.74) is 0.259. The number of rotatable bonds is 6. The van der Waals surface area contributed by atoms with Gasteiger partial charge in [0.15, 0.2) is 0 Å². The van der Waals surface area contributed by atoms with Gasteiger partial charge < -0.3 is 19.7 Å². The monoisotopic (exact) mass is 495 g/mol. The summed E-state index contributed by atoms with van der Waals surface area (Å²) in [6.45, 7) is 6.56. The maximum Gasteiger partial charge on any atom is 0.417 e. The van der Waals surface area contributed by atoms with E-state index in [1.807, 2.05) is 11.0 Å². The number of ether oxygens (including phenoxy) is 2. The van der Waals surface area contributed by atoms with Crippen LogP contribution in [0, 0.1) is 11.3 Å². The number of halogens is 3. The fourth-order valence-corrected chi connectivity index (χ4v) is 5.77. The first-order chi connectivity index (χ1) is 16.6. The van der Waals surface area contributed by atoms with Crippen molar-refractivity contribution in [3.05, 3.63) is 35.7 Å². The first kappa shape index (κ1) is 26.1. The van der Waals surface area contributed by atoms with Gasteiger partial charge in [-0.05, 0) is 55.7 Å². The van der Waals surface area contributed by atoms with Crippen LogP contribution >= 0.6 is 0 Å². The number of pyridine rings is 1. The number of carbonyl (C=O) groups is 1. The molecule has 0 radical (unpaired) electrons. The minimum Gasteiger partial charge on any atom is -0.379 e. The van der Waals surface area contributed by atoms with E-state index in [9.17, 15) is 18.0 Å². The lowest BCUT2D eigenvalue weighted by molar-refractivity contribution is -0.144. The van der Waals surface area contributed by atoms with E-state index < -0.39 is 17.2 Å². The molecule has 9 heteroatoms. The van der Waals surface area contributed by atoms with E-state index in [-0.39, 0.29) is 30.0 Å². The van der Waals surface area contributed by atoms with E-state index >= 15 is 0 Å². The molecule has 35 heavy (non-hydrogen) atoms. The van der Waals surface area contributed by atoms with Crippen LogP contribution < -0.4 is 5.32 Å².